The van der Waals surface area contributed by atoms with Gasteiger partial charge < -0.3 is 9.15 Å². The van der Waals surface area contributed by atoms with Crippen LogP contribution in [0.3, 0.4) is 0 Å². The van der Waals surface area contributed by atoms with Crippen molar-refractivity contribution in [2.75, 3.05) is 6.61 Å². The number of hydrogen-bond acceptors (Lipinski definition) is 5. The van der Waals surface area contributed by atoms with E-state index < -0.39 is 5.97 Å². The lowest BCUT2D eigenvalue weighted by molar-refractivity contribution is 0.0468. The molecule has 0 atom stereocenters. The summed E-state index contributed by atoms with van der Waals surface area (Å²) >= 11 is 0. The Kier molecular flexibility index (Phi) is 4.76. The maximum Gasteiger partial charge on any atom is 0.338 e. The molecule has 0 spiro atoms. The van der Waals surface area contributed by atoms with Crippen LogP contribution in [0.5, 0.6) is 0 Å². The highest BCUT2D eigenvalue weighted by molar-refractivity contribution is 6.02. The highest BCUT2D eigenvalue weighted by Gasteiger charge is 2.19. The van der Waals surface area contributed by atoms with Crippen LogP contribution in [0, 0.1) is 6.92 Å². The molecule has 0 bridgehead atoms. The van der Waals surface area contributed by atoms with Gasteiger partial charge in [0.25, 0.3) is 0 Å². The minimum atomic E-state index is -0.548. The number of para-hydroxylation sites is 1. The molecule has 0 amide bonds. The molecule has 0 saturated carbocycles. The van der Waals surface area contributed by atoms with E-state index >= 15 is 0 Å². The Bertz CT molecular complexity index is 1130. The first-order valence-corrected chi connectivity index (χ1v) is 8.86. The van der Waals surface area contributed by atoms with E-state index in [-0.39, 0.29) is 18.2 Å². The molecule has 4 rings (SSSR count). The van der Waals surface area contributed by atoms with Gasteiger partial charge in [-0.25, -0.2) is 4.79 Å². The molecule has 6 nitrogen and oxygen atoms in total. The van der Waals surface area contributed by atoms with Crippen LogP contribution in [0.25, 0.3) is 11.0 Å². The number of benzene rings is 2. The van der Waals surface area contributed by atoms with Gasteiger partial charge in [-0.15, -0.1) is 0 Å². The van der Waals surface area contributed by atoms with E-state index in [1.165, 1.54) is 0 Å². The average molecular weight is 374 g/mol. The minimum absolute atomic E-state index is 0.226. The second-order valence-electron chi connectivity index (χ2n) is 6.45. The number of furan rings is 1. The second-order valence-corrected chi connectivity index (χ2v) is 6.45. The number of fused-ring (bicyclic) bond motifs is 1. The van der Waals surface area contributed by atoms with Crippen molar-refractivity contribution in [3.63, 3.8) is 0 Å². The van der Waals surface area contributed by atoms with Gasteiger partial charge in [0.15, 0.2) is 12.4 Å². The Hall–Kier alpha value is -3.67. The van der Waals surface area contributed by atoms with E-state index in [2.05, 4.69) is 5.10 Å². The van der Waals surface area contributed by atoms with Gasteiger partial charge in [0, 0.05) is 23.3 Å². The van der Waals surface area contributed by atoms with Crippen LogP contribution >= 0.6 is 0 Å². The normalized spacial score (nSPS) is 10.9. The number of aryl methyl sites for hydroxylation is 1. The Morgan fingerprint density at radius 1 is 1.07 bits per heavy atom. The standard InChI is InChI=1S/C22H18N2O4/c1-15-18-5-2-3-6-20(18)28-21(15)19(25)14-27-22(26)17-9-7-16(8-10-17)13-24-12-4-11-23-24/h2-12H,13-14H2,1H3. The molecule has 0 fully saturated rings. The lowest BCUT2D eigenvalue weighted by Crippen LogP contribution is -2.14. The summed E-state index contributed by atoms with van der Waals surface area (Å²) in [5.74, 6) is -0.686. The summed E-state index contributed by atoms with van der Waals surface area (Å²) in [7, 11) is 0. The van der Waals surface area contributed by atoms with Crippen LogP contribution in [-0.4, -0.2) is 28.1 Å². The van der Waals surface area contributed by atoms with Gasteiger partial charge >= 0.3 is 5.97 Å². The largest absolute Gasteiger partial charge is 0.454 e. The van der Waals surface area contributed by atoms with Crippen molar-refractivity contribution in [2.45, 2.75) is 13.5 Å². The number of Topliss-reactive ketones (excluding diaryl/α,β-unsaturated/α-hetero) is 1. The predicted octanol–water partition coefficient (Wildman–Crippen LogP) is 4.03. The highest BCUT2D eigenvalue weighted by Crippen LogP contribution is 2.25. The van der Waals surface area contributed by atoms with Gasteiger partial charge in [0.1, 0.15) is 5.58 Å². The third-order valence-corrected chi connectivity index (χ3v) is 4.52. The first-order valence-electron chi connectivity index (χ1n) is 8.86. The first kappa shape index (κ1) is 17.7. The van der Waals surface area contributed by atoms with E-state index in [0.29, 0.717) is 17.7 Å². The highest BCUT2D eigenvalue weighted by atomic mass is 16.5. The van der Waals surface area contributed by atoms with Crippen molar-refractivity contribution in [2.24, 2.45) is 0 Å². The third kappa shape index (κ3) is 3.57. The van der Waals surface area contributed by atoms with Gasteiger partial charge in [-0.05, 0) is 36.8 Å². The summed E-state index contributed by atoms with van der Waals surface area (Å²) < 4.78 is 12.6. The quantitative estimate of drug-likeness (QED) is 0.376. The number of carbonyl (C=O) groups is 2. The molecule has 28 heavy (non-hydrogen) atoms. The Labute approximate surface area is 161 Å². The molecule has 0 aliphatic heterocycles. The van der Waals surface area contributed by atoms with Crippen molar-refractivity contribution in [1.29, 1.82) is 0 Å². The Morgan fingerprint density at radius 3 is 2.57 bits per heavy atom. The fourth-order valence-electron chi connectivity index (χ4n) is 3.05. The lowest BCUT2D eigenvalue weighted by Gasteiger charge is -2.05. The molecule has 0 aliphatic rings. The zero-order valence-electron chi connectivity index (χ0n) is 15.3. The fourth-order valence-corrected chi connectivity index (χ4v) is 3.05. The monoisotopic (exact) mass is 374 g/mol. The molecule has 2 heterocycles. The molecular formula is C22H18N2O4. The van der Waals surface area contributed by atoms with Gasteiger partial charge in [-0.3, -0.25) is 9.48 Å². The van der Waals surface area contributed by atoms with E-state index in [1.807, 2.05) is 49.5 Å². The smallest absolute Gasteiger partial charge is 0.338 e. The van der Waals surface area contributed by atoms with E-state index in [4.69, 9.17) is 9.15 Å². The van der Waals surface area contributed by atoms with E-state index in [9.17, 15) is 9.59 Å². The number of carbonyl (C=O) groups excluding carboxylic acids is 2. The van der Waals surface area contributed by atoms with Crippen molar-refractivity contribution < 1.29 is 18.7 Å². The van der Waals surface area contributed by atoms with E-state index in [0.717, 1.165) is 16.5 Å². The van der Waals surface area contributed by atoms with Crippen molar-refractivity contribution in [3.8, 4) is 0 Å². The number of aromatic nitrogens is 2. The average Bonchev–Trinajstić information content (AvgIpc) is 3.35. The van der Waals surface area contributed by atoms with Crippen molar-refractivity contribution in [3.05, 3.63) is 89.4 Å². The fraction of sp³-hybridized carbons (Fsp3) is 0.136. The molecule has 0 unspecified atom stereocenters. The number of esters is 1. The third-order valence-electron chi connectivity index (χ3n) is 4.52. The number of rotatable bonds is 6. The van der Waals surface area contributed by atoms with Crippen LogP contribution in [0.15, 0.2) is 71.4 Å². The molecule has 0 N–H and O–H groups in total. The summed E-state index contributed by atoms with van der Waals surface area (Å²) in [6.45, 7) is 2.07. The Morgan fingerprint density at radius 2 is 1.86 bits per heavy atom. The molecule has 0 radical (unpaired) electrons. The van der Waals surface area contributed by atoms with Crippen LogP contribution < -0.4 is 0 Å². The summed E-state index contributed by atoms with van der Waals surface area (Å²) in [5.41, 5.74) is 2.79. The maximum absolute atomic E-state index is 12.4. The number of hydrogen-bond donors (Lipinski definition) is 0. The Balaban J connectivity index is 1.39. The zero-order chi connectivity index (χ0) is 19.5. The SMILES string of the molecule is Cc1c(C(=O)COC(=O)c2ccc(Cn3cccn3)cc2)oc2ccccc12. The summed E-state index contributed by atoms with van der Waals surface area (Å²) in [5, 5.41) is 5.03. The van der Waals surface area contributed by atoms with Gasteiger partial charge in [-0.1, -0.05) is 30.3 Å². The molecule has 140 valence electrons. The second kappa shape index (κ2) is 7.52. The predicted molar refractivity (Wildman–Crippen MR) is 103 cm³/mol. The van der Waals surface area contributed by atoms with Crippen LogP contribution in [-0.2, 0) is 11.3 Å². The van der Waals surface area contributed by atoms with E-state index in [1.54, 1.807) is 29.1 Å². The molecule has 4 aromatic rings. The van der Waals surface area contributed by atoms with Gasteiger partial charge in [-0.2, -0.15) is 5.10 Å². The molecular weight excluding hydrogens is 356 g/mol. The van der Waals surface area contributed by atoms with Crippen LogP contribution in [0.1, 0.15) is 32.0 Å². The number of nitrogens with zero attached hydrogens (tertiary/aromatic N) is 2. The molecule has 2 aromatic carbocycles. The lowest BCUT2D eigenvalue weighted by atomic mass is 10.1. The molecule has 0 aliphatic carbocycles. The summed E-state index contributed by atoms with van der Waals surface area (Å²) in [6, 6.07) is 16.3. The maximum atomic E-state index is 12.4. The molecule has 6 heteroatoms. The van der Waals surface area contributed by atoms with Crippen molar-refractivity contribution in [1.82, 2.24) is 9.78 Å². The zero-order valence-corrected chi connectivity index (χ0v) is 15.3. The minimum Gasteiger partial charge on any atom is -0.454 e. The summed E-state index contributed by atoms with van der Waals surface area (Å²) in [6.07, 6.45) is 3.58. The van der Waals surface area contributed by atoms with Gasteiger partial charge in [0.2, 0.25) is 5.78 Å². The molecule has 2 aromatic heterocycles. The van der Waals surface area contributed by atoms with Crippen LogP contribution in [0.2, 0.25) is 0 Å². The number of ether oxygens (including phenoxy) is 1. The van der Waals surface area contributed by atoms with Crippen LogP contribution in [0.4, 0.5) is 0 Å². The van der Waals surface area contributed by atoms with Crippen molar-refractivity contribution >= 4 is 22.7 Å². The topological polar surface area (TPSA) is 74.3 Å². The summed E-state index contributed by atoms with van der Waals surface area (Å²) in [4.78, 5) is 24.7. The van der Waals surface area contributed by atoms with Gasteiger partial charge in [0.05, 0.1) is 12.1 Å². The molecule has 0 saturated heterocycles. The first-order chi connectivity index (χ1) is 13.6. The number of ketones is 1.